The largest absolute Gasteiger partial charge is 0.506 e. The molecule has 32 heavy (non-hydrogen) atoms. The Balaban J connectivity index is 1.60. The van der Waals surface area contributed by atoms with Crippen LogP contribution in [0.25, 0.3) is 11.3 Å². The molecule has 7 heteroatoms. The van der Waals surface area contributed by atoms with Gasteiger partial charge in [-0.3, -0.25) is 0 Å². The minimum absolute atomic E-state index is 0.0137. The van der Waals surface area contributed by atoms with Crippen molar-refractivity contribution in [2.45, 2.75) is 33.6 Å². The van der Waals surface area contributed by atoms with Crippen molar-refractivity contribution in [3.8, 4) is 22.8 Å². The summed E-state index contributed by atoms with van der Waals surface area (Å²) in [5.41, 5.74) is 5.63. The lowest BCUT2D eigenvalue weighted by Crippen LogP contribution is -2.12. The van der Waals surface area contributed by atoms with E-state index in [1.54, 1.807) is 25.1 Å². The van der Waals surface area contributed by atoms with Gasteiger partial charge in [-0.1, -0.05) is 29.4 Å². The molecule has 0 saturated carbocycles. The molecule has 0 spiro atoms. The smallest absolute Gasteiger partial charge is 0.340 e. The Bertz CT molecular complexity index is 1240. The van der Waals surface area contributed by atoms with Crippen LogP contribution in [0.3, 0.4) is 0 Å². The number of nitrogens with zero attached hydrogens (tertiary/aromatic N) is 2. The van der Waals surface area contributed by atoms with Crippen molar-refractivity contribution in [1.29, 1.82) is 0 Å². The van der Waals surface area contributed by atoms with Crippen LogP contribution in [-0.4, -0.2) is 28.4 Å². The number of aromatic nitrogens is 1. The van der Waals surface area contributed by atoms with E-state index in [0.29, 0.717) is 23.4 Å². The van der Waals surface area contributed by atoms with Crippen LogP contribution in [0.2, 0.25) is 0 Å². The van der Waals surface area contributed by atoms with Crippen molar-refractivity contribution in [3.05, 3.63) is 76.2 Å². The second-order valence-electron chi connectivity index (χ2n) is 7.86. The molecule has 1 aliphatic heterocycles. The molecule has 2 aromatic carbocycles. The molecular formula is C25H23FN2O4. The van der Waals surface area contributed by atoms with Crippen molar-refractivity contribution in [1.82, 2.24) is 4.98 Å². The van der Waals surface area contributed by atoms with E-state index in [4.69, 9.17) is 4.74 Å². The molecule has 1 N–H and O–H groups in total. The highest BCUT2D eigenvalue weighted by atomic mass is 19.1. The van der Waals surface area contributed by atoms with Crippen molar-refractivity contribution in [3.63, 3.8) is 0 Å². The molecule has 164 valence electrons. The summed E-state index contributed by atoms with van der Waals surface area (Å²) in [6.45, 7) is 5.54. The minimum atomic E-state index is -0.464. The zero-order chi connectivity index (χ0) is 22.8. The first-order valence-corrected chi connectivity index (χ1v) is 10.3. The fourth-order valence-corrected chi connectivity index (χ4v) is 3.73. The predicted octanol–water partition coefficient (Wildman–Crippen LogP) is 4.79. The monoisotopic (exact) mass is 434 g/mol. The van der Waals surface area contributed by atoms with Crippen LogP contribution in [0.5, 0.6) is 11.5 Å². The first-order chi connectivity index (χ1) is 15.3. The maximum atomic E-state index is 15.0. The lowest BCUT2D eigenvalue weighted by atomic mass is 9.96. The Morgan fingerprint density at radius 1 is 1.12 bits per heavy atom. The lowest BCUT2D eigenvalue weighted by molar-refractivity contribution is -0.140. The Hall–Kier alpha value is -3.74. The molecular weight excluding hydrogens is 411 g/mol. The molecule has 1 aromatic heterocycles. The van der Waals surface area contributed by atoms with Gasteiger partial charge in [0, 0.05) is 17.7 Å². The number of halogens is 1. The van der Waals surface area contributed by atoms with Crippen molar-refractivity contribution >= 4 is 11.7 Å². The van der Waals surface area contributed by atoms with Gasteiger partial charge >= 0.3 is 5.97 Å². The highest BCUT2D eigenvalue weighted by molar-refractivity contribution is 6.02. The number of carbonyl (C=O) groups excluding carboxylic acids is 1. The van der Waals surface area contributed by atoms with Gasteiger partial charge in [0.25, 0.3) is 0 Å². The Kier molecular flexibility index (Phi) is 5.90. The number of hydrogen-bond donors (Lipinski definition) is 1. The van der Waals surface area contributed by atoms with E-state index in [1.807, 2.05) is 38.1 Å². The number of pyridine rings is 1. The van der Waals surface area contributed by atoms with Crippen LogP contribution in [0.4, 0.5) is 4.39 Å². The molecule has 3 aromatic rings. The second kappa shape index (κ2) is 8.78. The van der Waals surface area contributed by atoms with Crippen LogP contribution in [0.1, 0.15) is 34.4 Å². The van der Waals surface area contributed by atoms with E-state index in [2.05, 4.69) is 15.0 Å². The van der Waals surface area contributed by atoms with Crippen LogP contribution >= 0.6 is 0 Å². The number of hydrogen-bond acceptors (Lipinski definition) is 6. The topological polar surface area (TPSA) is 81.0 Å². The number of benzene rings is 2. The number of aromatic hydroxyl groups is 1. The van der Waals surface area contributed by atoms with Gasteiger partial charge in [0.1, 0.15) is 23.8 Å². The van der Waals surface area contributed by atoms with Crippen molar-refractivity contribution in [2.75, 3.05) is 6.61 Å². The maximum absolute atomic E-state index is 15.0. The molecule has 0 fully saturated rings. The van der Waals surface area contributed by atoms with Crippen LogP contribution < -0.4 is 4.74 Å². The molecule has 0 radical (unpaired) electrons. The zero-order valence-electron chi connectivity index (χ0n) is 18.1. The number of ether oxygens (including phenoxy) is 1. The number of rotatable bonds is 6. The molecule has 0 saturated heterocycles. The van der Waals surface area contributed by atoms with Gasteiger partial charge in [-0.05, 0) is 61.2 Å². The number of carbonyl (C=O) groups is 1. The average Bonchev–Trinajstić information content (AvgIpc) is 3.19. The van der Waals surface area contributed by atoms with Gasteiger partial charge in [0.05, 0.1) is 6.42 Å². The maximum Gasteiger partial charge on any atom is 0.340 e. The number of oxime groups is 1. The van der Waals surface area contributed by atoms with E-state index in [1.165, 1.54) is 0 Å². The first kappa shape index (κ1) is 21.5. The van der Waals surface area contributed by atoms with Crippen LogP contribution in [0, 0.1) is 26.6 Å². The van der Waals surface area contributed by atoms with Gasteiger partial charge in [0.2, 0.25) is 0 Å². The summed E-state index contributed by atoms with van der Waals surface area (Å²) in [5, 5.41) is 14.0. The predicted molar refractivity (Wildman–Crippen MR) is 118 cm³/mol. The third-order valence-corrected chi connectivity index (χ3v) is 5.53. The fraction of sp³-hybridized carbons (Fsp3) is 0.240. The summed E-state index contributed by atoms with van der Waals surface area (Å²) < 4.78 is 20.6. The summed E-state index contributed by atoms with van der Waals surface area (Å²) in [5.74, 6) is -0.707. The van der Waals surface area contributed by atoms with E-state index < -0.39 is 11.8 Å². The first-order valence-electron chi connectivity index (χ1n) is 10.3. The summed E-state index contributed by atoms with van der Waals surface area (Å²) >= 11 is 0. The van der Waals surface area contributed by atoms with Crippen molar-refractivity contribution in [2.24, 2.45) is 5.16 Å². The second-order valence-corrected chi connectivity index (χ2v) is 7.86. The van der Waals surface area contributed by atoms with Gasteiger partial charge in [0.15, 0.2) is 11.6 Å². The summed E-state index contributed by atoms with van der Waals surface area (Å²) in [7, 11) is 0. The Labute approximate surface area is 185 Å². The fourth-order valence-electron chi connectivity index (χ4n) is 3.73. The highest BCUT2D eigenvalue weighted by Gasteiger charge is 2.20. The molecule has 1 aliphatic rings. The molecule has 6 nitrogen and oxygen atoms in total. The van der Waals surface area contributed by atoms with Crippen molar-refractivity contribution < 1.29 is 23.9 Å². The van der Waals surface area contributed by atoms with Gasteiger partial charge in [-0.2, -0.15) is 0 Å². The number of aryl methyl sites for hydroxylation is 2. The molecule has 0 bridgehead atoms. The Morgan fingerprint density at radius 3 is 2.62 bits per heavy atom. The van der Waals surface area contributed by atoms with E-state index in [9.17, 15) is 9.90 Å². The van der Waals surface area contributed by atoms with E-state index >= 15 is 4.39 Å². The summed E-state index contributed by atoms with van der Waals surface area (Å²) in [6.07, 6.45) is 0.455. The molecule has 0 amide bonds. The van der Waals surface area contributed by atoms with Gasteiger partial charge in [-0.25, -0.2) is 14.2 Å². The highest BCUT2D eigenvalue weighted by Crippen LogP contribution is 2.32. The molecule has 0 unspecified atom stereocenters. The van der Waals surface area contributed by atoms with Gasteiger partial charge < -0.3 is 14.7 Å². The standard InChI is InChI=1S/C25H23FN2O4/c1-14-6-4-5-7-19(14)25-21(29)9-8-17(27-25)11-20-15(2)10-22(24(26)16(20)3)31-13-18-12-23(30)32-28-18/h4-10,29H,11-13H2,1-3H3. The van der Waals surface area contributed by atoms with Crippen LogP contribution in [0.15, 0.2) is 47.6 Å². The lowest BCUT2D eigenvalue weighted by Gasteiger charge is -2.16. The minimum Gasteiger partial charge on any atom is -0.506 e. The summed E-state index contributed by atoms with van der Waals surface area (Å²) in [4.78, 5) is 20.3. The summed E-state index contributed by atoms with van der Waals surface area (Å²) in [6, 6.07) is 12.7. The van der Waals surface area contributed by atoms with E-state index in [0.717, 1.165) is 27.9 Å². The molecule has 0 aliphatic carbocycles. The normalized spacial score (nSPS) is 13.1. The Morgan fingerprint density at radius 2 is 1.91 bits per heavy atom. The molecule has 2 heterocycles. The zero-order valence-corrected chi connectivity index (χ0v) is 18.1. The third kappa shape index (κ3) is 4.32. The quantitative estimate of drug-likeness (QED) is 0.564. The van der Waals surface area contributed by atoms with E-state index in [-0.39, 0.29) is 24.5 Å². The molecule has 0 atom stereocenters. The average molecular weight is 434 g/mol. The SMILES string of the molecule is Cc1ccccc1-c1nc(Cc2c(C)cc(OCC3=NOC(=O)C3)c(F)c2C)ccc1O. The van der Waals surface area contributed by atoms with Crippen LogP contribution in [-0.2, 0) is 16.1 Å². The third-order valence-electron chi connectivity index (χ3n) is 5.53. The van der Waals surface area contributed by atoms with Gasteiger partial charge in [-0.15, -0.1) is 0 Å². The molecule has 4 rings (SSSR count).